The number of nitrogens with zero attached hydrogens (tertiary/aromatic N) is 1. The molecular weight excluding hydrogens is 335 g/mol. The van der Waals surface area contributed by atoms with Crippen LogP contribution in [0.3, 0.4) is 0 Å². The van der Waals surface area contributed by atoms with E-state index in [-0.39, 0.29) is 10.9 Å². The Hall–Kier alpha value is -0.500. The molecule has 1 aliphatic heterocycles. The summed E-state index contributed by atoms with van der Waals surface area (Å²) < 4.78 is 40.7. The minimum Gasteiger partial charge on any atom is -0.302 e. The molecule has 7 heteroatoms. The lowest BCUT2D eigenvalue weighted by Crippen LogP contribution is -2.38. The molecule has 1 heterocycles. The average molecular weight is 351 g/mol. The number of sulfonamides is 1. The van der Waals surface area contributed by atoms with E-state index in [2.05, 4.69) is 25.6 Å². The van der Waals surface area contributed by atoms with Gasteiger partial charge in [-0.2, -0.15) is 0 Å². The molecule has 2 rings (SSSR count). The van der Waals surface area contributed by atoms with Crippen LogP contribution >= 0.6 is 15.9 Å². The van der Waals surface area contributed by atoms with Crippen LogP contribution in [-0.2, 0) is 10.0 Å². The second-order valence-corrected chi connectivity index (χ2v) is 7.35. The van der Waals surface area contributed by atoms with E-state index in [1.54, 1.807) is 0 Å². The van der Waals surface area contributed by atoms with E-state index in [1.165, 1.54) is 12.1 Å². The molecule has 0 radical (unpaired) electrons. The van der Waals surface area contributed by atoms with Gasteiger partial charge >= 0.3 is 0 Å². The molecule has 0 spiro atoms. The van der Waals surface area contributed by atoms with E-state index in [0.29, 0.717) is 11.0 Å². The number of nitrogens with one attached hydrogen (secondary N) is 1. The van der Waals surface area contributed by atoms with Crippen molar-refractivity contribution in [2.45, 2.75) is 23.8 Å². The van der Waals surface area contributed by atoms with Crippen molar-refractivity contribution in [1.82, 2.24) is 9.62 Å². The molecule has 1 unspecified atom stereocenters. The molecule has 1 fully saturated rings. The van der Waals surface area contributed by atoms with Crippen LogP contribution in [0, 0.1) is 5.82 Å². The molecule has 0 aromatic heterocycles. The zero-order valence-electron chi connectivity index (χ0n) is 10.6. The molecule has 106 valence electrons. The predicted octanol–water partition coefficient (Wildman–Crippen LogP) is 1.96. The van der Waals surface area contributed by atoms with Crippen molar-refractivity contribution in [1.29, 1.82) is 0 Å². The van der Waals surface area contributed by atoms with Crippen LogP contribution in [-0.4, -0.2) is 39.5 Å². The van der Waals surface area contributed by atoms with Crippen LogP contribution in [0.25, 0.3) is 0 Å². The summed E-state index contributed by atoms with van der Waals surface area (Å²) in [5.74, 6) is -0.748. The van der Waals surface area contributed by atoms with Gasteiger partial charge < -0.3 is 4.90 Å². The van der Waals surface area contributed by atoms with Crippen LogP contribution in [0.15, 0.2) is 27.6 Å². The predicted molar refractivity (Wildman–Crippen MR) is 74.9 cm³/mol. The van der Waals surface area contributed by atoms with E-state index < -0.39 is 15.8 Å². The first kappa shape index (κ1) is 14.9. The molecule has 1 aliphatic rings. The summed E-state index contributed by atoms with van der Waals surface area (Å²) in [6.45, 7) is 1.29. The van der Waals surface area contributed by atoms with Gasteiger partial charge in [0, 0.05) is 17.1 Å². The van der Waals surface area contributed by atoms with Crippen LogP contribution in [0.5, 0.6) is 0 Å². The summed E-state index contributed by atoms with van der Waals surface area (Å²) in [6, 6.07) is 4.11. The van der Waals surface area contributed by atoms with Crippen LogP contribution in [0.1, 0.15) is 12.8 Å². The van der Waals surface area contributed by atoms with Crippen molar-refractivity contribution in [2.75, 3.05) is 20.1 Å². The molecule has 0 amide bonds. The van der Waals surface area contributed by atoms with Crippen molar-refractivity contribution in [3.8, 4) is 0 Å². The second kappa shape index (κ2) is 5.87. The maximum absolute atomic E-state index is 13.7. The molecule has 1 N–H and O–H groups in total. The Kier molecular flexibility index (Phi) is 4.60. The summed E-state index contributed by atoms with van der Waals surface area (Å²) in [5.41, 5.74) is 0. The largest absolute Gasteiger partial charge is 0.302 e. The molecule has 0 aliphatic carbocycles. The highest BCUT2D eigenvalue weighted by Gasteiger charge is 2.25. The van der Waals surface area contributed by atoms with Gasteiger partial charge in [-0.3, -0.25) is 0 Å². The normalized spacial score (nSPS) is 20.9. The molecule has 1 aromatic rings. The van der Waals surface area contributed by atoms with Crippen molar-refractivity contribution >= 4 is 26.0 Å². The number of benzene rings is 1. The molecule has 1 atom stereocenters. The molecule has 4 nitrogen and oxygen atoms in total. The third-order valence-corrected chi connectivity index (χ3v) is 5.31. The van der Waals surface area contributed by atoms with Crippen LogP contribution in [0.4, 0.5) is 4.39 Å². The first-order chi connectivity index (χ1) is 8.90. The summed E-state index contributed by atoms with van der Waals surface area (Å²) in [4.78, 5) is 1.80. The van der Waals surface area contributed by atoms with Gasteiger partial charge in [-0.15, -0.1) is 0 Å². The molecule has 19 heavy (non-hydrogen) atoms. The monoisotopic (exact) mass is 350 g/mol. The van der Waals surface area contributed by atoms with E-state index in [0.717, 1.165) is 25.5 Å². The van der Waals surface area contributed by atoms with Crippen molar-refractivity contribution in [2.24, 2.45) is 0 Å². The van der Waals surface area contributed by atoms with Gasteiger partial charge in [0.15, 0.2) is 0 Å². The smallest absolute Gasteiger partial charge is 0.243 e. The lowest BCUT2D eigenvalue weighted by atomic mass is 10.2. The van der Waals surface area contributed by atoms with Gasteiger partial charge in [0.2, 0.25) is 10.0 Å². The van der Waals surface area contributed by atoms with E-state index >= 15 is 0 Å². The zero-order valence-corrected chi connectivity index (χ0v) is 13.0. The highest BCUT2D eigenvalue weighted by atomic mass is 79.9. The van der Waals surface area contributed by atoms with Crippen LogP contribution < -0.4 is 4.72 Å². The summed E-state index contributed by atoms with van der Waals surface area (Å²) in [6.07, 6.45) is 2.03. The Balaban J connectivity index is 2.09. The van der Waals surface area contributed by atoms with Crippen molar-refractivity contribution in [3.63, 3.8) is 0 Å². The molecule has 0 saturated carbocycles. The number of hydrogen-bond donors (Lipinski definition) is 1. The second-order valence-electron chi connectivity index (χ2n) is 4.70. The van der Waals surface area contributed by atoms with Gasteiger partial charge in [-0.05, 0) is 44.6 Å². The van der Waals surface area contributed by atoms with Crippen LogP contribution in [0.2, 0.25) is 0 Å². The fraction of sp³-hybridized carbons (Fsp3) is 0.500. The summed E-state index contributed by atoms with van der Waals surface area (Å²) >= 11 is 3.10. The van der Waals surface area contributed by atoms with Gasteiger partial charge in [0.1, 0.15) is 10.7 Å². The minimum atomic E-state index is -3.79. The Morgan fingerprint density at radius 2 is 2.26 bits per heavy atom. The Morgan fingerprint density at radius 1 is 1.53 bits per heavy atom. The molecular formula is C12H16BrFN2O2S. The topological polar surface area (TPSA) is 49.4 Å². The van der Waals surface area contributed by atoms with Gasteiger partial charge in [0.05, 0.1) is 0 Å². The van der Waals surface area contributed by atoms with Crippen molar-refractivity contribution < 1.29 is 12.8 Å². The number of likely N-dealkylation sites (N-methyl/N-ethyl adjacent to an activating group) is 1. The first-order valence-electron chi connectivity index (χ1n) is 6.05. The Morgan fingerprint density at radius 3 is 2.84 bits per heavy atom. The van der Waals surface area contributed by atoms with Gasteiger partial charge in [-0.1, -0.05) is 15.9 Å². The third kappa shape index (κ3) is 3.53. The number of hydrogen-bond acceptors (Lipinski definition) is 3. The maximum atomic E-state index is 13.7. The number of likely N-dealkylation sites (tertiary alicyclic amines) is 1. The maximum Gasteiger partial charge on any atom is 0.243 e. The standard InChI is InChI=1S/C12H16BrFN2O2S/c1-16-6-2-3-10(16)8-15-19(17,18)12-5-4-9(13)7-11(12)14/h4-5,7,10,15H,2-3,6,8H2,1H3. The van der Waals surface area contributed by atoms with Gasteiger partial charge in [-0.25, -0.2) is 17.5 Å². The lowest BCUT2D eigenvalue weighted by Gasteiger charge is -2.19. The number of rotatable bonds is 4. The molecule has 1 aromatic carbocycles. The lowest BCUT2D eigenvalue weighted by molar-refractivity contribution is 0.310. The minimum absolute atomic E-state index is 0.188. The molecule has 0 bridgehead atoms. The summed E-state index contributed by atoms with van der Waals surface area (Å²) in [5, 5.41) is 0. The van der Waals surface area contributed by atoms with E-state index in [9.17, 15) is 12.8 Å². The quantitative estimate of drug-likeness (QED) is 0.902. The highest BCUT2D eigenvalue weighted by molar-refractivity contribution is 9.10. The van der Waals surface area contributed by atoms with E-state index in [1.807, 2.05) is 7.05 Å². The third-order valence-electron chi connectivity index (χ3n) is 3.36. The fourth-order valence-electron chi connectivity index (χ4n) is 2.21. The van der Waals surface area contributed by atoms with E-state index in [4.69, 9.17) is 0 Å². The van der Waals surface area contributed by atoms with Crippen molar-refractivity contribution in [3.05, 3.63) is 28.5 Å². The Labute approximate surface area is 121 Å². The first-order valence-corrected chi connectivity index (χ1v) is 8.33. The Bertz CT molecular complexity index is 565. The highest BCUT2D eigenvalue weighted by Crippen LogP contribution is 2.20. The fourth-order valence-corrected chi connectivity index (χ4v) is 3.68. The van der Waals surface area contributed by atoms with Gasteiger partial charge in [0.25, 0.3) is 0 Å². The molecule has 1 saturated heterocycles. The summed E-state index contributed by atoms with van der Waals surface area (Å²) in [7, 11) is -1.83. The number of halogens is 2. The SMILES string of the molecule is CN1CCCC1CNS(=O)(=O)c1ccc(Br)cc1F. The zero-order chi connectivity index (χ0) is 14.0. The average Bonchev–Trinajstić information content (AvgIpc) is 2.72.